The second-order valence-electron chi connectivity index (χ2n) is 5.75. The highest BCUT2D eigenvalue weighted by atomic mass is 35.5. The number of carbonyl (C=O) groups excluding carboxylic acids is 1. The number of ether oxygens (including phenoxy) is 1. The van der Waals surface area contributed by atoms with Gasteiger partial charge in [0.2, 0.25) is 18.1 Å². The molecule has 8 heteroatoms. The maximum absolute atomic E-state index is 12.7. The van der Waals surface area contributed by atoms with E-state index in [9.17, 15) is 4.79 Å². The molecule has 0 radical (unpaired) electrons. The highest BCUT2D eigenvalue weighted by Gasteiger charge is 2.39. The van der Waals surface area contributed by atoms with Gasteiger partial charge in [-0.2, -0.15) is 4.98 Å². The maximum atomic E-state index is 12.7. The molecule has 2 N–H and O–H groups in total. The molecule has 0 spiro atoms. The van der Waals surface area contributed by atoms with Crippen molar-refractivity contribution in [2.24, 2.45) is 5.41 Å². The molecule has 24 heavy (non-hydrogen) atoms. The van der Waals surface area contributed by atoms with E-state index in [1.165, 1.54) is 6.39 Å². The number of carbonyl (C=O) groups is 1. The van der Waals surface area contributed by atoms with E-state index < -0.39 is 5.41 Å². The molecule has 1 amide bonds. The molecule has 3 rings (SSSR count). The van der Waals surface area contributed by atoms with Gasteiger partial charge in [-0.05, 0) is 50.2 Å². The number of amides is 1. The summed E-state index contributed by atoms with van der Waals surface area (Å²) in [4.78, 5) is 16.7. The van der Waals surface area contributed by atoms with Crippen molar-refractivity contribution in [2.45, 2.75) is 12.8 Å². The molecule has 1 aliphatic heterocycles. The highest BCUT2D eigenvalue weighted by molar-refractivity contribution is 5.95. The number of methoxy groups -OCH3 is 1. The quantitative estimate of drug-likeness (QED) is 0.856. The zero-order chi connectivity index (χ0) is 16.1. The molecule has 0 atom stereocenters. The van der Waals surface area contributed by atoms with Crippen LogP contribution in [0.1, 0.15) is 12.8 Å². The van der Waals surface area contributed by atoms with Crippen LogP contribution in [0.3, 0.4) is 0 Å². The lowest BCUT2D eigenvalue weighted by Crippen LogP contribution is -2.47. The Labute approximate surface area is 146 Å². The third-order valence-corrected chi connectivity index (χ3v) is 4.23. The van der Waals surface area contributed by atoms with Gasteiger partial charge in [-0.25, -0.2) is 0 Å². The Morgan fingerprint density at radius 2 is 2.04 bits per heavy atom. The van der Waals surface area contributed by atoms with E-state index in [1.807, 2.05) is 24.3 Å². The molecule has 0 saturated carbocycles. The summed E-state index contributed by atoms with van der Waals surface area (Å²) >= 11 is 0. The Bertz CT molecular complexity index is 634. The molecule has 2 heterocycles. The van der Waals surface area contributed by atoms with Gasteiger partial charge in [0.05, 0.1) is 12.0 Å². The fourth-order valence-electron chi connectivity index (χ4n) is 2.88. The van der Waals surface area contributed by atoms with Crippen molar-refractivity contribution >= 4 is 24.0 Å². The molecule has 1 fully saturated rings. The zero-order valence-corrected chi connectivity index (χ0v) is 14.3. The first kappa shape index (κ1) is 18.4. The standard InChI is InChI=1S/C16H20N4O3.ClH/c1-22-10-16(6-8-17-9-7-16)15(21)19-13-4-2-12(3-5-13)14-18-11-23-20-14;/h2-5,11,17H,6-10H2,1H3,(H,19,21);1H. The number of nitrogens with one attached hydrogen (secondary N) is 2. The molecule has 1 aromatic heterocycles. The number of hydrogen-bond acceptors (Lipinski definition) is 6. The van der Waals surface area contributed by atoms with Crippen LogP contribution in [0.2, 0.25) is 0 Å². The molecule has 2 aromatic rings. The monoisotopic (exact) mass is 352 g/mol. The predicted molar refractivity (Wildman–Crippen MR) is 92.0 cm³/mol. The average molecular weight is 353 g/mol. The summed E-state index contributed by atoms with van der Waals surface area (Å²) < 4.78 is 10.0. The second-order valence-corrected chi connectivity index (χ2v) is 5.75. The summed E-state index contributed by atoms with van der Waals surface area (Å²) in [5, 5.41) is 10.1. The van der Waals surface area contributed by atoms with Gasteiger partial charge < -0.3 is 19.9 Å². The first-order chi connectivity index (χ1) is 11.2. The van der Waals surface area contributed by atoms with Crippen molar-refractivity contribution in [1.29, 1.82) is 0 Å². The minimum atomic E-state index is -0.466. The van der Waals surface area contributed by atoms with Crippen molar-refractivity contribution in [3.8, 4) is 11.4 Å². The molecule has 0 bridgehead atoms. The summed E-state index contributed by atoms with van der Waals surface area (Å²) in [6, 6.07) is 7.38. The summed E-state index contributed by atoms with van der Waals surface area (Å²) in [6.45, 7) is 2.09. The SMILES string of the molecule is COCC1(C(=O)Nc2ccc(-c3ncon3)cc2)CCNCC1.Cl. The van der Waals surface area contributed by atoms with E-state index in [1.54, 1.807) is 7.11 Å². The molecule has 0 unspecified atom stereocenters. The van der Waals surface area contributed by atoms with E-state index in [0.717, 1.165) is 37.2 Å². The van der Waals surface area contributed by atoms with E-state index >= 15 is 0 Å². The molecular formula is C16H21ClN4O3. The first-order valence-electron chi connectivity index (χ1n) is 7.61. The van der Waals surface area contributed by atoms with Crippen LogP contribution in [0.4, 0.5) is 5.69 Å². The summed E-state index contributed by atoms with van der Waals surface area (Å²) in [6.07, 6.45) is 2.83. The lowest BCUT2D eigenvalue weighted by molar-refractivity contribution is -0.130. The summed E-state index contributed by atoms with van der Waals surface area (Å²) in [5.74, 6) is 0.533. The number of hydrogen-bond donors (Lipinski definition) is 2. The Balaban J connectivity index is 0.00000208. The van der Waals surface area contributed by atoms with Crippen LogP contribution < -0.4 is 10.6 Å². The van der Waals surface area contributed by atoms with Gasteiger partial charge in [0.15, 0.2) is 0 Å². The van der Waals surface area contributed by atoms with E-state index in [0.29, 0.717) is 12.4 Å². The van der Waals surface area contributed by atoms with Crippen molar-refractivity contribution in [2.75, 3.05) is 32.1 Å². The van der Waals surface area contributed by atoms with Crippen LogP contribution in [0.25, 0.3) is 11.4 Å². The summed E-state index contributed by atoms with van der Waals surface area (Å²) in [5.41, 5.74) is 1.12. The third kappa shape index (κ3) is 3.92. The van der Waals surface area contributed by atoms with Gasteiger partial charge in [0.25, 0.3) is 0 Å². The number of nitrogens with zero attached hydrogens (tertiary/aromatic N) is 2. The fraction of sp³-hybridized carbons (Fsp3) is 0.438. The lowest BCUT2D eigenvalue weighted by atomic mass is 9.78. The predicted octanol–water partition coefficient (Wildman–Crippen LogP) is 2.11. The van der Waals surface area contributed by atoms with E-state index in [4.69, 9.17) is 9.26 Å². The maximum Gasteiger partial charge on any atom is 0.233 e. The van der Waals surface area contributed by atoms with Crippen molar-refractivity contribution in [3.63, 3.8) is 0 Å². The Morgan fingerprint density at radius 1 is 1.33 bits per heavy atom. The number of halogens is 1. The molecule has 1 aromatic carbocycles. The Kier molecular flexibility index (Phi) is 6.30. The minimum absolute atomic E-state index is 0. The highest BCUT2D eigenvalue weighted by Crippen LogP contribution is 2.31. The fourth-order valence-corrected chi connectivity index (χ4v) is 2.88. The Morgan fingerprint density at radius 3 is 2.62 bits per heavy atom. The van der Waals surface area contributed by atoms with E-state index in [-0.39, 0.29) is 18.3 Å². The number of piperidine rings is 1. The molecule has 1 aliphatic rings. The minimum Gasteiger partial charge on any atom is -0.384 e. The van der Waals surface area contributed by atoms with Crippen LogP contribution in [-0.2, 0) is 9.53 Å². The average Bonchev–Trinajstić information content (AvgIpc) is 3.11. The molecule has 0 aliphatic carbocycles. The van der Waals surface area contributed by atoms with Gasteiger partial charge >= 0.3 is 0 Å². The first-order valence-corrected chi connectivity index (χ1v) is 7.61. The molecule has 1 saturated heterocycles. The van der Waals surface area contributed by atoms with Crippen LogP contribution in [-0.4, -0.2) is 42.9 Å². The topological polar surface area (TPSA) is 89.3 Å². The Hall–Kier alpha value is -1.96. The van der Waals surface area contributed by atoms with Gasteiger partial charge in [0, 0.05) is 18.4 Å². The molecular weight excluding hydrogens is 332 g/mol. The van der Waals surface area contributed by atoms with Crippen molar-refractivity contribution in [3.05, 3.63) is 30.7 Å². The number of rotatable bonds is 5. The largest absolute Gasteiger partial charge is 0.384 e. The normalized spacial score (nSPS) is 16.2. The number of anilines is 1. The number of benzene rings is 1. The van der Waals surface area contributed by atoms with Crippen molar-refractivity contribution < 1.29 is 14.1 Å². The third-order valence-electron chi connectivity index (χ3n) is 4.23. The van der Waals surface area contributed by atoms with Gasteiger partial charge in [-0.3, -0.25) is 4.79 Å². The van der Waals surface area contributed by atoms with E-state index in [2.05, 4.69) is 20.8 Å². The molecule has 130 valence electrons. The zero-order valence-electron chi connectivity index (χ0n) is 13.4. The molecule has 7 nitrogen and oxygen atoms in total. The smallest absolute Gasteiger partial charge is 0.233 e. The van der Waals surface area contributed by atoms with Crippen LogP contribution in [0, 0.1) is 5.41 Å². The lowest BCUT2D eigenvalue weighted by Gasteiger charge is -2.35. The van der Waals surface area contributed by atoms with Gasteiger partial charge in [-0.1, -0.05) is 5.16 Å². The van der Waals surface area contributed by atoms with Gasteiger partial charge in [-0.15, -0.1) is 12.4 Å². The summed E-state index contributed by atoms with van der Waals surface area (Å²) in [7, 11) is 1.64. The number of aromatic nitrogens is 2. The van der Waals surface area contributed by atoms with Crippen LogP contribution in [0.15, 0.2) is 35.2 Å². The van der Waals surface area contributed by atoms with Gasteiger partial charge in [0.1, 0.15) is 0 Å². The van der Waals surface area contributed by atoms with Crippen LogP contribution >= 0.6 is 12.4 Å². The second kappa shape index (κ2) is 8.23. The van der Waals surface area contributed by atoms with Crippen LogP contribution in [0.5, 0.6) is 0 Å². The van der Waals surface area contributed by atoms with Crippen molar-refractivity contribution in [1.82, 2.24) is 15.5 Å².